The first-order valence-electron chi connectivity index (χ1n) is 11.5. The third-order valence-corrected chi connectivity index (χ3v) is 7.43. The smallest absolute Gasteiger partial charge is 0.296 e. The number of fused-ring (bicyclic) bond motifs is 1. The zero-order valence-electron chi connectivity index (χ0n) is 20.3. The number of aliphatic imine (C=N–C) groups is 1. The lowest BCUT2D eigenvalue weighted by atomic mass is 9.86. The van der Waals surface area contributed by atoms with Crippen molar-refractivity contribution >= 4 is 33.7 Å². The number of amidine groups is 1. The van der Waals surface area contributed by atoms with Crippen molar-refractivity contribution in [1.29, 1.82) is 0 Å². The van der Waals surface area contributed by atoms with E-state index in [9.17, 15) is 22.8 Å². The first-order chi connectivity index (χ1) is 17.0. The molecular weight excluding hydrogens is 484 g/mol. The van der Waals surface area contributed by atoms with Crippen molar-refractivity contribution in [3.63, 3.8) is 0 Å². The van der Waals surface area contributed by atoms with Crippen LogP contribution in [0.15, 0.2) is 58.4 Å². The van der Waals surface area contributed by atoms with E-state index in [2.05, 4.69) is 4.99 Å². The first-order valence-corrected chi connectivity index (χ1v) is 12.9. The minimum atomic E-state index is -4.14. The van der Waals surface area contributed by atoms with Crippen LogP contribution in [-0.2, 0) is 19.1 Å². The maximum Gasteiger partial charge on any atom is 0.296 e. The molecule has 1 atom stereocenters. The van der Waals surface area contributed by atoms with Crippen molar-refractivity contribution in [3.8, 4) is 0 Å². The Morgan fingerprint density at radius 3 is 2.08 bits per heavy atom. The number of rotatable bonds is 12. The van der Waals surface area contributed by atoms with Crippen molar-refractivity contribution in [3.05, 3.63) is 65.2 Å². The molecule has 192 valence electrons. The van der Waals surface area contributed by atoms with E-state index in [1.54, 1.807) is 31.2 Å². The molecule has 3 rings (SSSR count). The number of hydrogen-bond donors (Lipinski definition) is 2. The number of hydrogen-bond acceptors (Lipinski definition) is 7. The van der Waals surface area contributed by atoms with E-state index in [1.807, 2.05) is 6.92 Å². The number of aryl methyl sites for hydroxylation is 1. The molecule has 0 saturated heterocycles. The average Bonchev–Trinajstić information content (AvgIpc) is 3.08. The first kappa shape index (κ1) is 27.0. The normalized spacial score (nSPS) is 15.6. The zero-order chi connectivity index (χ0) is 26.5. The number of imide groups is 1. The predicted octanol–water partition coefficient (Wildman–Crippen LogP) is 2.16. The second-order valence-corrected chi connectivity index (χ2v) is 10.3. The Labute approximate surface area is 210 Å². The van der Waals surface area contributed by atoms with Crippen LogP contribution in [0.4, 0.5) is 0 Å². The number of carbonyl (C=O) groups excluding carboxylic acids is 3. The topological polar surface area (TPSA) is 162 Å². The molecule has 2 aromatic rings. The van der Waals surface area contributed by atoms with Gasteiger partial charge in [0.1, 0.15) is 5.54 Å². The largest absolute Gasteiger partial charge is 0.388 e. The summed E-state index contributed by atoms with van der Waals surface area (Å²) in [5, 5.41) is 0. The van der Waals surface area contributed by atoms with Gasteiger partial charge in [-0.1, -0.05) is 29.8 Å². The molecule has 0 aliphatic carbocycles. The second-order valence-electron chi connectivity index (χ2n) is 8.71. The SMILES string of the molecule is CC(N)=NCCCCC(CCOS(=O)(=O)c1ccc(C)cc1)(C(N)=O)N1C(=O)c2ccccc2C1=O. The van der Waals surface area contributed by atoms with Crippen LogP contribution in [0, 0.1) is 6.92 Å². The van der Waals surface area contributed by atoms with Crippen LogP contribution in [-0.4, -0.2) is 55.6 Å². The molecule has 0 aromatic heterocycles. The third-order valence-electron chi connectivity index (χ3n) is 6.10. The fourth-order valence-electron chi connectivity index (χ4n) is 4.16. The van der Waals surface area contributed by atoms with Gasteiger partial charge in [-0.3, -0.25) is 28.5 Å². The van der Waals surface area contributed by atoms with Crippen LogP contribution in [0.1, 0.15) is 58.9 Å². The number of amides is 3. The van der Waals surface area contributed by atoms with Crippen molar-refractivity contribution in [2.75, 3.05) is 13.2 Å². The van der Waals surface area contributed by atoms with Gasteiger partial charge in [-0.25, -0.2) is 0 Å². The number of unbranched alkanes of at least 4 members (excludes halogenated alkanes) is 1. The Morgan fingerprint density at radius 1 is 0.972 bits per heavy atom. The summed E-state index contributed by atoms with van der Waals surface area (Å²) in [5.41, 5.74) is 10.8. The van der Waals surface area contributed by atoms with E-state index in [0.717, 1.165) is 10.5 Å². The second kappa shape index (κ2) is 11.0. The van der Waals surface area contributed by atoms with Gasteiger partial charge in [0, 0.05) is 13.0 Å². The molecule has 36 heavy (non-hydrogen) atoms. The summed E-state index contributed by atoms with van der Waals surface area (Å²) < 4.78 is 30.6. The number of primary amides is 1. The molecule has 2 aromatic carbocycles. The quantitative estimate of drug-likeness (QED) is 0.144. The fourth-order valence-corrected chi connectivity index (χ4v) is 5.07. The Bertz CT molecular complexity index is 1250. The van der Waals surface area contributed by atoms with Crippen LogP contribution >= 0.6 is 0 Å². The van der Waals surface area contributed by atoms with Gasteiger partial charge in [-0.2, -0.15) is 8.42 Å². The Hall–Kier alpha value is -3.57. The zero-order valence-corrected chi connectivity index (χ0v) is 21.1. The predicted molar refractivity (Wildman–Crippen MR) is 134 cm³/mol. The molecule has 0 bridgehead atoms. The fraction of sp³-hybridized carbons (Fsp3) is 0.360. The summed E-state index contributed by atoms with van der Waals surface area (Å²) in [6, 6.07) is 12.3. The maximum atomic E-state index is 13.2. The van der Waals surface area contributed by atoms with Crippen molar-refractivity contribution in [2.45, 2.75) is 50.0 Å². The summed E-state index contributed by atoms with van der Waals surface area (Å²) in [5.74, 6) is -1.84. The molecule has 10 nitrogen and oxygen atoms in total. The highest BCUT2D eigenvalue weighted by atomic mass is 32.2. The van der Waals surface area contributed by atoms with Gasteiger partial charge in [-0.15, -0.1) is 0 Å². The monoisotopic (exact) mass is 514 g/mol. The Morgan fingerprint density at radius 2 is 1.56 bits per heavy atom. The molecule has 1 aliphatic rings. The van der Waals surface area contributed by atoms with Gasteiger partial charge in [-0.05, 0) is 57.4 Å². The van der Waals surface area contributed by atoms with Crippen molar-refractivity contribution in [1.82, 2.24) is 4.90 Å². The van der Waals surface area contributed by atoms with Crippen molar-refractivity contribution in [2.24, 2.45) is 16.5 Å². The molecular formula is C25H30N4O6S. The number of carbonyl (C=O) groups is 3. The van der Waals surface area contributed by atoms with E-state index in [4.69, 9.17) is 15.7 Å². The van der Waals surface area contributed by atoms with Gasteiger partial charge in [0.25, 0.3) is 21.9 Å². The lowest BCUT2D eigenvalue weighted by Crippen LogP contribution is -2.60. The van der Waals surface area contributed by atoms with E-state index < -0.39 is 40.0 Å². The summed E-state index contributed by atoms with van der Waals surface area (Å²) in [6.07, 6.45) is 0.603. The van der Waals surface area contributed by atoms with Gasteiger partial charge < -0.3 is 11.5 Å². The summed E-state index contributed by atoms with van der Waals surface area (Å²) in [7, 11) is -4.14. The molecule has 4 N–H and O–H groups in total. The molecule has 3 amide bonds. The highest BCUT2D eigenvalue weighted by Gasteiger charge is 2.52. The number of benzene rings is 2. The Balaban J connectivity index is 1.88. The molecule has 0 spiro atoms. The molecule has 0 saturated carbocycles. The molecule has 1 unspecified atom stereocenters. The van der Waals surface area contributed by atoms with Crippen LogP contribution in [0.25, 0.3) is 0 Å². The van der Waals surface area contributed by atoms with Gasteiger partial charge in [0.05, 0.1) is 28.5 Å². The van der Waals surface area contributed by atoms with Crippen LogP contribution in [0.3, 0.4) is 0 Å². The highest BCUT2D eigenvalue weighted by molar-refractivity contribution is 7.86. The molecule has 11 heteroatoms. The number of nitrogens with zero attached hydrogens (tertiary/aromatic N) is 2. The number of nitrogens with two attached hydrogens (primary N) is 2. The molecule has 0 fully saturated rings. The van der Waals surface area contributed by atoms with E-state index in [-0.39, 0.29) is 28.9 Å². The summed E-state index contributed by atoms with van der Waals surface area (Å²) >= 11 is 0. The van der Waals surface area contributed by atoms with Gasteiger partial charge in [0.15, 0.2) is 0 Å². The van der Waals surface area contributed by atoms with E-state index >= 15 is 0 Å². The van der Waals surface area contributed by atoms with Gasteiger partial charge in [0.2, 0.25) is 5.91 Å². The van der Waals surface area contributed by atoms with Crippen LogP contribution in [0.2, 0.25) is 0 Å². The van der Waals surface area contributed by atoms with E-state index in [0.29, 0.717) is 25.2 Å². The Kier molecular flexibility index (Phi) is 8.26. The average molecular weight is 515 g/mol. The maximum absolute atomic E-state index is 13.2. The minimum absolute atomic E-state index is 0.0148. The lowest BCUT2D eigenvalue weighted by molar-refractivity contribution is -0.129. The molecule has 1 aliphatic heterocycles. The molecule has 1 heterocycles. The highest BCUT2D eigenvalue weighted by Crippen LogP contribution is 2.35. The van der Waals surface area contributed by atoms with Crippen LogP contribution in [0.5, 0.6) is 0 Å². The standard InChI is InChI=1S/C25H30N4O6S/c1-17-9-11-19(12-10-17)36(33,34)35-16-14-25(24(27)32,13-5-6-15-28-18(2)26)29-22(30)20-7-3-4-8-21(20)23(29)31/h3-4,7-12H,5-6,13-16H2,1-2H3,(H2,26,28)(H2,27,32). The molecule has 0 radical (unpaired) electrons. The van der Waals surface area contributed by atoms with Crippen molar-refractivity contribution < 1.29 is 27.0 Å². The summed E-state index contributed by atoms with van der Waals surface area (Å²) in [6.45, 7) is 3.39. The van der Waals surface area contributed by atoms with Gasteiger partial charge >= 0.3 is 0 Å². The lowest BCUT2D eigenvalue weighted by Gasteiger charge is -2.38. The van der Waals surface area contributed by atoms with Crippen LogP contribution < -0.4 is 11.5 Å². The van der Waals surface area contributed by atoms with E-state index in [1.165, 1.54) is 24.3 Å². The minimum Gasteiger partial charge on any atom is -0.388 e. The third kappa shape index (κ3) is 5.63. The summed E-state index contributed by atoms with van der Waals surface area (Å²) in [4.78, 5) is 44.3.